The number of H-pyrrole nitrogens is 1. The fraction of sp³-hybridized carbons (Fsp3) is 0.800. The molecule has 1 saturated carbocycles. The largest absolute Gasteiger partial charge is 0.338 e. The minimum atomic E-state index is 0.651. The minimum Gasteiger partial charge on any atom is -0.338 e. The number of rotatable bonds is 2. The predicted molar refractivity (Wildman–Crippen MR) is 35.6 cm³/mol. The second-order valence-corrected chi connectivity index (χ2v) is 2.55. The van der Waals surface area contributed by atoms with Gasteiger partial charge in [0.15, 0.2) is 0 Å². The van der Waals surface area contributed by atoms with Crippen molar-refractivity contribution in [3.05, 3.63) is 0 Å². The van der Waals surface area contributed by atoms with Gasteiger partial charge in [-0.25, -0.2) is 0 Å². The number of hydrogen-bond donors (Lipinski definition) is 1. The van der Waals surface area contributed by atoms with Crippen LogP contribution in [0.5, 0.6) is 0 Å². The van der Waals surface area contributed by atoms with Crippen molar-refractivity contribution in [2.24, 2.45) is 0 Å². The molecule has 0 bridgehead atoms. The van der Waals surface area contributed by atoms with Crippen molar-refractivity contribution in [2.45, 2.75) is 18.9 Å². The van der Waals surface area contributed by atoms with Crippen molar-refractivity contribution in [3.8, 4) is 0 Å². The second kappa shape index (κ2) is 1.93. The highest BCUT2D eigenvalue weighted by atomic mass is 15.5. The molecule has 1 N–H and O–H groups in total. The summed E-state index contributed by atoms with van der Waals surface area (Å²) >= 11 is 0. The van der Waals surface area contributed by atoms with Crippen LogP contribution in [0.15, 0.2) is 0 Å². The van der Waals surface area contributed by atoms with Crippen molar-refractivity contribution >= 4 is 5.95 Å². The first-order chi connectivity index (χ1) is 4.88. The Labute approximate surface area is 58.4 Å². The highest BCUT2D eigenvalue weighted by Gasteiger charge is 2.28. The van der Waals surface area contributed by atoms with Gasteiger partial charge in [-0.2, -0.15) is 5.21 Å². The third-order valence-corrected chi connectivity index (χ3v) is 1.74. The van der Waals surface area contributed by atoms with E-state index in [1.807, 2.05) is 11.9 Å². The van der Waals surface area contributed by atoms with E-state index in [4.69, 9.17) is 0 Å². The van der Waals surface area contributed by atoms with Crippen molar-refractivity contribution in [1.82, 2.24) is 20.6 Å². The summed E-state index contributed by atoms with van der Waals surface area (Å²) in [5.41, 5.74) is 0. The van der Waals surface area contributed by atoms with Crippen LogP contribution in [0.1, 0.15) is 12.8 Å². The van der Waals surface area contributed by atoms with Crippen LogP contribution in [0.4, 0.5) is 5.95 Å². The highest BCUT2D eigenvalue weighted by molar-refractivity contribution is 5.28. The van der Waals surface area contributed by atoms with E-state index in [0.717, 1.165) is 0 Å². The molecule has 10 heavy (non-hydrogen) atoms. The van der Waals surface area contributed by atoms with Gasteiger partial charge in [-0.15, -0.1) is 5.10 Å². The van der Waals surface area contributed by atoms with E-state index in [1.165, 1.54) is 12.8 Å². The Hall–Kier alpha value is -1.13. The molecule has 1 aliphatic carbocycles. The summed E-state index contributed by atoms with van der Waals surface area (Å²) in [6, 6.07) is 0.651. The zero-order valence-electron chi connectivity index (χ0n) is 5.78. The van der Waals surface area contributed by atoms with E-state index >= 15 is 0 Å². The molecule has 0 spiro atoms. The number of hydrogen-bond acceptors (Lipinski definition) is 4. The van der Waals surface area contributed by atoms with E-state index < -0.39 is 0 Å². The van der Waals surface area contributed by atoms with Crippen molar-refractivity contribution in [3.63, 3.8) is 0 Å². The molecule has 0 atom stereocenters. The van der Waals surface area contributed by atoms with Crippen LogP contribution >= 0.6 is 0 Å². The summed E-state index contributed by atoms with van der Waals surface area (Å²) in [4.78, 5) is 2.05. The van der Waals surface area contributed by atoms with Crippen LogP contribution in [0, 0.1) is 0 Å². The fourth-order valence-electron chi connectivity index (χ4n) is 0.931. The quantitative estimate of drug-likeness (QED) is 0.616. The summed E-state index contributed by atoms with van der Waals surface area (Å²) in [5.74, 6) is 0.697. The number of tetrazole rings is 1. The van der Waals surface area contributed by atoms with Gasteiger partial charge >= 0.3 is 0 Å². The maximum atomic E-state index is 3.86. The zero-order chi connectivity index (χ0) is 6.97. The molecule has 0 aromatic carbocycles. The van der Waals surface area contributed by atoms with Crippen LogP contribution in [-0.2, 0) is 0 Å². The van der Waals surface area contributed by atoms with Crippen molar-refractivity contribution in [2.75, 3.05) is 11.9 Å². The topological polar surface area (TPSA) is 57.7 Å². The Kier molecular flexibility index (Phi) is 1.09. The highest BCUT2D eigenvalue weighted by Crippen LogP contribution is 2.27. The molecule has 1 aromatic heterocycles. The molecule has 1 heterocycles. The monoisotopic (exact) mass is 139 g/mol. The van der Waals surface area contributed by atoms with Gasteiger partial charge in [0.25, 0.3) is 5.95 Å². The molecular weight excluding hydrogens is 130 g/mol. The third-order valence-electron chi connectivity index (χ3n) is 1.74. The van der Waals surface area contributed by atoms with Crippen LogP contribution in [-0.4, -0.2) is 33.7 Å². The summed E-state index contributed by atoms with van der Waals surface area (Å²) in [6.07, 6.45) is 2.51. The Bertz CT molecular complexity index is 202. The lowest BCUT2D eigenvalue weighted by atomic mass is 10.6. The first-order valence-electron chi connectivity index (χ1n) is 3.34. The average Bonchev–Trinajstić information content (AvgIpc) is 2.65. The Morgan fingerprint density at radius 1 is 1.60 bits per heavy atom. The molecule has 0 aliphatic heterocycles. The number of aromatic amines is 1. The molecule has 1 aromatic rings. The Morgan fingerprint density at radius 3 is 2.90 bits per heavy atom. The fourth-order valence-corrected chi connectivity index (χ4v) is 0.931. The minimum absolute atomic E-state index is 0.651. The SMILES string of the molecule is CN(c1nn[nH]n1)C1CC1. The molecule has 0 saturated heterocycles. The standard InChI is InChI=1S/C5H9N5/c1-10(4-2-3-4)5-6-8-9-7-5/h4H,2-3H2,1H3,(H,6,7,8,9). The predicted octanol–water partition coefficient (Wildman–Crippen LogP) is -0.202. The molecule has 1 fully saturated rings. The maximum Gasteiger partial charge on any atom is 0.265 e. The maximum absolute atomic E-state index is 3.86. The number of nitrogens with one attached hydrogen (secondary N) is 1. The van der Waals surface area contributed by atoms with Crippen molar-refractivity contribution in [1.29, 1.82) is 0 Å². The molecule has 1 aliphatic rings. The Morgan fingerprint density at radius 2 is 2.40 bits per heavy atom. The van der Waals surface area contributed by atoms with E-state index in [1.54, 1.807) is 0 Å². The van der Waals surface area contributed by atoms with Gasteiger partial charge in [-0.3, -0.25) is 0 Å². The molecule has 54 valence electrons. The van der Waals surface area contributed by atoms with E-state index in [0.29, 0.717) is 12.0 Å². The number of anilines is 1. The molecule has 5 heteroatoms. The van der Waals surface area contributed by atoms with Gasteiger partial charge in [0, 0.05) is 13.1 Å². The van der Waals surface area contributed by atoms with Gasteiger partial charge in [-0.1, -0.05) is 5.10 Å². The van der Waals surface area contributed by atoms with Gasteiger partial charge in [0.1, 0.15) is 0 Å². The van der Waals surface area contributed by atoms with E-state index in [9.17, 15) is 0 Å². The normalized spacial score (nSPS) is 17.3. The van der Waals surface area contributed by atoms with Gasteiger partial charge in [0.05, 0.1) is 0 Å². The summed E-state index contributed by atoms with van der Waals surface area (Å²) in [5, 5.41) is 13.6. The number of aromatic nitrogens is 4. The van der Waals surface area contributed by atoms with E-state index in [-0.39, 0.29) is 0 Å². The first kappa shape index (κ1) is 5.64. The lowest BCUT2D eigenvalue weighted by Gasteiger charge is -2.10. The smallest absolute Gasteiger partial charge is 0.265 e. The van der Waals surface area contributed by atoms with Crippen LogP contribution < -0.4 is 4.90 Å². The van der Waals surface area contributed by atoms with Crippen LogP contribution in [0.3, 0.4) is 0 Å². The molecule has 2 rings (SSSR count). The first-order valence-corrected chi connectivity index (χ1v) is 3.34. The van der Waals surface area contributed by atoms with Gasteiger partial charge in [-0.05, 0) is 18.1 Å². The zero-order valence-corrected chi connectivity index (χ0v) is 5.78. The van der Waals surface area contributed by atoms with Crippen LogP contribution in [0.2, 0.25) is 0 Å². The molecule has 0 unspecified atom stereocenters. The van der Waals surface area contributed by atoms with Gasteiger partial charge in [0.2, 0.25) is 0 Å². The summed E-state index contributed by atoms with van der Waals surface area (Å²) < 4.78 is 0. The summed E-state index contributed by atoms with van der Waals surface area (Å²) in [6.45, 7) is 0. The van der Waals surface area contributed by atoms with Crippen molar-refractivity contribution < 1.29 is 0 Å². The van der Waals surface area contributed by atoms with E-state index in [2.05, 4.69) is 20.6 Å². The third kappa shape index (κ3) is 0.832. The average molecular weight is 139 g/mol. The van der Waals surface area contributed by atoms with Crippen LogP contribution in [0.25, 0.3) is 0 Å². The molecular formula is C5H9N5. The Balaban J connectivity index is 2.11. The lowest BCUT2D eigenvalue weighted by molar-refractivity contribution is 0.865. The molecule has 0 amide bonds. The summed E-state index contributed by atoms with van der Waals surface area (Å²) in [7, 11) is 1.99. The number of nitrogens with zero attached hydrogens (tertiary/aromatic N) is 4. The molecule has 5 nitrogen and oxygen atoms in total. The van der Waals surface area contributed by atoms with Gasteiger partial charge < -0.3 is 4.90 Å². The molecule has 0 radical (unpaired) electrons. The lowest BCUT2D eigenvalue weighted by Crippen LogP contribution is -2.20. The second-order valence-electron chi connectivity index (χ2n) is 2.55.